The molecule has 0 radical (unpaired) electrons. The van der Waals surface area contributed by atoms with Gasteiger partial charge in [-0.05, 0) is 118 Å². The summed E-state index contributed by atoms with van der Waals surface area (Å²) in [6.07, 6.45) is 5.20. The maximum absolute atomic E-state index is 14.5. The highest BCUT2D eigenvalue weighted by Gasteiger charge is 2.36. The monoisotopic (exact) mass is 884 g/mol. The van der Waals surface area contributed by atoms with Crippen LogP contribution in [0.4, 0.5) is 4.79 Å². The molecule has 2 aliphatic rings. The van der Waals surface area contributed by atoms with Gasteiger partial charge in [0.25, 0.3) is 11.8 Å². The standard InChI is InChI=1S/C52H64N6O7/c1-10-33(3)56(9)47(59)39-25-38(29-53-30-39)46-42-28-52(7,8)32-64-49(61)43-18-15-21-58(55-43)48(60)44(54-50(62)65-51(4,5)6)24-35-22-37(36-19-20-45(41(42)27-36)57(46)11-2)26-40(23-35)63-31-34-16-13-12-14-17-34/h12-14,16-17,19-20,22-23,25-27,29-30,33,43-44,55H,10-11,15,18,21,24,28,31-32H2,1-9H3,(H,54,62)/t33?,43-,44-/m0/s1. The number of ether oxygens (including phenoxy) is 3. The summed E-state index contributed by atoms with van der Waals surface area (Å²) in [6.45, 7) is 17.1. The molecule has 0 saturated carbocycles. The molecule has 4 heterocycles. The Kier molecular flexibility index (Phi) is 14.0. The van der Waals surface area contributed by atoms with Gasteiger partial charge in [-0.3, -0.25) is 24.4 Å². The third-order valence-corrected chi connectivity index (χ3v) is 12.3. The van der Waals surface area contributed by atoms with E-state index >= 15 is 0 Å². The number of nitrogens with one attached hydrogen (secondary N) is 2. The van der Waals surface area contributed by atoms with Crippen molar-refractivity contribution >= 4 is 34.8 Å². The van der Waals surface area contributed by atoms with Crippen LogP contribution in [0.3, 0.4) is 0 Å². The fourth-order valence-electron chi connectivity index (χ4n) is 8.66. The van der Waals surface area contributed by atoms with Crippen molar-refractivity contribution in [2.75, 3.05) is 20.2 Å². The van der Waals surface area contributed by atoms with Crippen molar-refractivity contribution in [1.29, 1.82) is 0 Å². The van der Waals surface area contributed by atoms with E-state index in [9.17, 15) is 19.2 Å². The molecule has 6 bridgehead atoms. The molecular weight excluding hydrogens is 821 g/mol. The van der Waals surface area contributed by atoms with E-state index in [-0.39, 0.29) is 25.0 Å². The summed E-state index contributed by atoms with van der Waals surface area (Å²) in [5.74, 6) is -0.359. The number of pyridine rings is 1. The number of esters is 1. The van der Waals surface area contributed by atoms with Gasteiger partial charge in [0.15, 0.2) is 0 Å². The average Bonchev–Trinajstić information content (AvgIpc) is 3.59. The maximum atomic E-state index is 14.5. The van der Waals surface area contributed by atoms with Crippen molar-refractivity contribution < 1.29 is 33.4 Å². The van der Waals surface area contributed by atoms with Gasteiger partial charge < -0.3 is 29.0 Å². The first kappa shape index (κ1) is 46.8. The first-order chi connectivity index (χ1) is 30.9. The molecule has 1 unspecified atom stereocenters. The van der Waals surface area contributed by atoms with E-state index in [1.54, 1.807) is 31.9 Å². The summed E-state index contributed by atoms with van der Waals surface area (Å²) in [7, 11) is 1.83. The maximum Gasteiger partial charge on any atom is 0.408 e. The SMILES string of the molecule is CCC(C)N(C)C(=O)c1cncc(-c2c3c4cc(ccc4n2CC)-c2cc(cc(OCc4ccccc4)c2)C[C@H](NC(=O)OC(C)(C)C)C(=O)N2CCC[C@H](N2)C(=O)OCC(C)(C)C3)c1. The number of hydrogen-bond donors (Lipinski definition) is 2. The molecule has 65 heavy (non-hydrogen) atoms. The third kappa shape index (κ3) is 11.0. The van der Waals surface area contributed by atoms with Crippen LogP contribution in [0.1, 0.15) is 102 Å². The normalized spacial score (nSPS) is 18.3. The molecule has 13 heteroatoms. The second kappa shape index (κ2) is 19.5. The number of hydrogen-bond acceptors (Lipinski definition) is 9. The van der Waals surface area contributed by atoms with E-state index < -0.39 is 41.1 Å². The lowest BCUT2D eigenvalue weighted by Crippen LogP contribution is -2.60. The van der Waals surface area contributed by atoms with E-state index in [1.165, 1.54) is 5.01 Å². The summed E-state index contributed by atoms with van der Waals surface area (Å²) < 4.78 is 20.5. The van der Waals surface area contributed by atoms with Crippen molar-refractivity contribution in [1.82, 2.24) is 30.2 Å². The molecule has 3 amide bonds. The van der Waals surface area contributed by atoms with Crippen LogP contribution >= 0.6 is 0 Å². The smallest absolute Gasteiger partial charge is 0.408 e. The Morgan fingerprint density at radius 1 is 1.00 bits per heavy atom. The molecular formula is C52H64N6O7. The molecule has 1 saturated heterocycles. The highest BCUT2D eigenvalue weighted by Crippen LogP contribution is 2.41. The Labute approximate surface area is 382 Å². The zero-order valence-electron chi connectivity index (χ0n) is 39.3. The van der Waals surface area contributed by atoms with E-state index in [2.05, 4.69) is 66.2 Å². The number of aryl methyl sites for hydroxylation is 1. The molecule has 1 fully saturated rings. The van der Waals surface area contributed by atoms with Crippen molar-refractivity contribution in [3.05, 3.63) is 107 Å². The molecule has 3 aromatic carbocycles. The Bertz CT molecular complexity index is 2540. The van der Waals surface area contributed by atoms with Gasteiger partial charge in [0.1, 0.15) is 30.0 Å². The molecule has 13 nitrogen and oxygen atoms in total. The van der Waals surface area contributed by atoms with Crippen LogP contribution in [0.25, 0.3) is 33.3 Å². The summed E-state index contributed by atoms with van der Waals surface area (Å²) in [4.78, 5) is 61.9. The molecule has 7 rings (SSSR count). The van der Waals surface area contributed by atoms with Gasteiger partial charge in [-0.1, -0.05) is 63.2 Å². The number of cyclic esters (lactones) is 1. The summed E-state index contributed by atoms with van der Waals surface area (Å²) in [6, 6.07) is 22.4. The molecule has 0 spiro atoms. The molecule has 2 N–H and O–H groups in total. The van der Waals surface area contributed by atoms with Crippen LogP contribution in [0.2, 0.25) is 0 Å². The van der Waals surface area contributed by atoms with Gasteiger partial charge in [-0.25, -0.2) is 10.2 Å². The van der Waals surface area contributed by atoms with Gasteiger partial charge in [0.2, 0.25) is 0 Å². The summed E-state index contributed by atoms with van der Waals surface area (Å²) >= 11 is 0. The first-order valence-electron chi connectivity index (χ1n) is 22.9. The second-order valence-electron chi connectivity index (χ2n) is 19.2. The summed E-state index contributed by atoms with van der Waals surface area (Å²) in [5, 5.41) is 5.29. The number of carbonyl (C=O) groups excluding carboxylic acids is 4. The molecule has 3 atom stereocenters. The molecule has 5 aromatic rings. The topological polar surface area (TPSA) is 144 Å². The zero-order valence-corrected chi connectivity index (χ0v) is 39.3. The van der Waals surface area contributed by atoms with Crippen LogP contribution in [-0.2, 0) is 45.1 Å². The number of rotatable bonds is 9. The Hall–Kier alpha value is -6.21. The number of nitrogens with zero attached hydrogens (tertiary/aromatic N) is 4. The number of hydrazine groups is 1. The number of aromatic nitrogens is 2. The van der Waals surface area contributed by atoms with Crippen molar-refractivity contribution in [3.63, 3.8) is 0 Å². The minimum atomic E-state index is -1.06. The number of benzene rings is 3. The Balaban J connectivity index is 1.41. The fourth-order valence-corrected chi connectivity index (χ4v) is 8.66. The van der Waals surface area contributed by atoms with Crippen LogP contribution in [0.15, 0.2) is 85.2 Å². The first-order valence-corrected chi connectivity index (χ1v) is 22.9. The number of fused-ring (bicyclic) bond motifs is 6. The van der Waals surface area contributed by atoms with Crippen molar-refractivity contribution in [3.8, 4) is 28.1 Å². The minimum absolute atomic E-state index is 0.0574. The van der Waals surface area contributed by atoms with E-state index in [1.807, 2.05) is 74.8 Å². The fraction of sp³-hybridized carbons (Fsp3) is 0.442. The Morgan fingerprint density at radius 3 is 2.49 bits per heavy atom. The second-order valence-corrected chi connectivity index (χ2v) is 19.2. The zero-order chi connectivity index (χ0) is 46.6. The predicted octanol–water partition coefficient (Wildman–Crippen LogP) is 8.90. The molecule has 2 aliphatic heterocycles. The number of amides is 3. The van der Waals surface area contributed by atoms with Gasteiger partial charge in [-0.2, -0.15) is 0 Å². The molecule has 0 aliphatic carbocycles. The lowest BCUT2D eigenvalue weighted by atomic mass is 9.84. The largest absolute Gasteiger partial charge is 0.489 e. The van der Waals surface area contributed by atoms with Crippen LogP contribution in [-0.4, -0.2) is 87.3 Å². The molecule has 344 valence electrons. The average molecular weight is 885 g/mol. The van der Waals surface area contributed by atoms with Crippen LogP contribution in [0, 0.1) is 5.41 Å². The quantitative estimate of drug-likeness (QED) is 0.139. The van der Waals surface area contributed by atoms with Crippen molar-refractivity contribution in [2.24, 2.45) is 5.41 Å². The number of alkyl carbamates (subject to hydrolysis) is 1. The van der Waals surface area contributed by atoms with Gasteiger partial charge in [-0.15, -0.1) is 0 Å². The van der Waals surface area contributed by atoms with Gasteiger partial charge in [0, 0.05) is 66.9 Å². The third-order valence-electron chi connectivity index (χ3n) is 12.3. The highest BCUT2D eigenvalue weighted by molar-refractivity contribution is 5.98. The van der Waals surface area contributed by atoms with E-state index in [0.717, 1.165) is 56.4 Å². The minimum Gasteiger partial charge on any atom is -0.489 e. The molecule has 2 aromatic heterocycles. The lowest BCUT2D eigenvalue weighted by molar-refractivity contribution is -0.155. The highest BCUT2D eigenvalue weighted by atomic mass is 16.6. The summed E-state index contributed by atoms with van der Waals surface area (Å²) in [5.41, 5.74) is 9.62. The van der Waals surface area contributed by atoms with Crippen LogP contribution in [0.5, 0.6) is 5.75 Å². The predicted molar refractivity (Wildman–Crippen MR) is 252 cm³/mol. The van der Waals surface area contributed by atoms with Gasteiger partial charge in [0.05, 0.1) is 17.9 Å². The van der Waals surface area contributed by atoms with Crippen molar-refractivity contribution in [2.45, 2.75) is 124 Å². The lowest BCUT2D eigenvalue weighted by Gasteiger charge is -2.35. The van der Waals surface area contributed by atoms with Gasteiger partial charge >= 0.3 is 12.1 Å². The Morgan fingerprint density at radius 2 is 1.77 bits per heavy atom. The number of carbonyl (C=O) groups is 4. The van der Waals surface area contributed by atoms with E-state index in [4.69, 9.17) is 14.2 Å². The van der Waals surface area contributed by atoms with E-state index in [0.29, 0.717) is 50.3 Å². The van der Waals surface area contributed by atoms with Crippen LogP contribution < -0.4 is 15.5 Å².